The van der Waals surface area contributed by atoms with Crippen LogP contribution in [0.25, 0.3) is 0 Å². The smallest absolute Gasteiger partial charge is 0.237 e. The Balaban J connectivity index is 2.61. The second-order valence-electron chi connectivity index (χ2n) is 3.46. The van der Waals surface area contributed by atoms with Crippen LogP contribution in [0.3, 0.4) is 0 Å². The van der Waals surface area contributed by atoms with E-state index in [1.54, 1.807) is 26.1 Å². The van der Waals surface area contributed by atoms with E-state index in [2.05, 4.69) is 26.6 Å². The molecular weight excluding hydrogens is 275 g/mol. The van der Waals surface area contributed by atoms with E-state index in [9.17, 15) is 9.18 Å². The predicted molar refractivity (Wildman–Crippen MR) is 64.5 cm³/mol. The normalized spacial score (nSPS) is 12.2. The lowest BCUT2D eigenvalue weighted by Gasteiger charge is -2.11. The molecule has 5 heteroatoms. The van der Waals surface area contributed by atoms with Gasteiger partial charge in [0.05, 0.1) is 6.04 Å². The fourth-order valence-corrected chi connectivity index (χ4v) is 1.55. The molecule has 1 aromatic carbocycles. The van der Waals surface area contributed by atoms with Crippen molar-refractivity contribution in [2.75, 3.05) is 7.05 Å². The van der Waals surface area contributed by atoms with Crippen molar-refractivity contribution in [2.24, 2.45) is 0 Å². The van der Waals surface area contributed by atoms with Gasteiger partial charge < -0.3 is 10.6 Å². The summed E-state index contributed by atoms with van der Waals surface area (Å²) < 4.78 is 14.1. The molecule has 0 saturated carbocycles. The Morgan fingerprint density at radius 2 is 2.25 bits per heavy atom. The van der Waals surface area contributed by atoms with Crippen LogP contribution in [0, 0.1) is 5.82 Å². The monoisotopic (exact) mass is 288 g/mol. The zero-order valence-electron chi connectivity index (χ0n) is 9.18. The molecule has 3 nitrogen and oxygen atoms in total. The highest BCUT2D eigenvalue weighted by Crippen LogP contribution is 2.15. The van der Waals surface area contributed by atoms with Crippen LogP contribution in [-0.2, 0) is 11.3 Å². The second kappa shape index (κ2) is 5.96. The third-order valence-corrected chi connectivity index (χ3v) is 2.78. The van der Waals surface area contributed by atoms with Crippen molar-refractivity contribution in [3.8, 4) is 0 Å². The lowest BCUT2D eigenvalue weighted by Crippen LogP contribution is -2.40. The standard InChI is InChI=1S/C11H14BrFN2O/c1-7(14-2)11(16)15-6-8-5-9(12)3-4-10(8)13/h3-5,7,14H,6H2,1-2H3,(H,15,16). The zero-order valence-corrected chi connectivity index (χ0v) is 10.8. The summed E-state index contributed by atoms with van der Waals surface area (Å²) in [5.41, 5.74) is 0.464. The van der Waals surface area contributed by atoms with Crippen molar-refractivity contribution < 1.29 is 9.18 Å². The van der Waals surface area contributed by atoms with Gasteiger partial charge in [0, 0.05) is 16.6 Å². The Kier molecular flexibility index (Phi) is 4.89. The van der Waals surface area contributed by atoms with Gasteiger partial charge in [0.15, 0.2) is 0 Å². The van der Waals surface area contributed by atoms with E-state index in [0.717, 1.165) is 4.47 Å². The molecule has 0 spiro atoms. The Morgan fingerprint density at radius 1 is 1.56 bits per heavy atom. The summed E-state index contributed by atoms with van der Waals surface area (Å²) in [6, 6.07) is 4.36. The van der Waals surface area contributed by atoms with Crippen LogP contribution in [-0.4, -0.2) is 19.0 Å². The first-order valence-electron chi connectivity index (χ1n) is 4.93. The molecule has 0 heterocycles. The molecule has 1 unspecified atom stereocenters. The van der Waals surface area contributed by atoms with Gasteiger partial charge in [0.1, 0.15) is 5.82 Å². The Labute approximate surface area is 103 Å². The van der Waals surface area contributed by atoms with Crippen molar-refractivity contribution >= 4 is 21.8 Å². The molecule has 1 atom stereocenters. The predicted octanol–water partition coefficient (Wildman–Crippen LogP) is 1.81. The van der Waals surface area contributed by atoms with Crippen molar-refractivity contribution in [2.45, 2.75) is 19.5 Å². The van der Waals surface area contributed by atoms with Crippen LogP contribution < -0.4 is 10.6 Å². The van der Waals surface area contributed by atoms with Gasteiger partial charge in [0.2, 0.25) is 5.91 Å². The van der Waals surface area contributed by atoms with Crippen LogP contribution in [0.4, 0.5) is 4.39 Å². The third-order valence-electron chi connectivity index (χ3n) is 2.29. The summed E-state index contributed by atoms with van der Waals surface area (Å²) in [7, 11) is 1.70. The number of carbonyl (C=O) groups excluding carboxylic acids is 1. The maximum absolute atomic E-state index is 13.3. The molecule has 2 N–H and O–H groups in total. The maximum Gasteiger partial charge on any atom is 0.237 e. The van der Waals surface area contributed by atoms with Crippen LogP contribution in [0.15, 0.2) is 22.7 Å². The van der Waals surface area contributed by atoms with Gasteiger partial charge in [-0.25, -0.2) is 4.39 Å². The van der Waals surface area contributed by atoms with Gasteiger partial charge in [-0.05, 0) is 32.2 Å². The third kappa shape index (κ3) is 3.57. The number of rotatable bonds is 4. The van der Waals surface area contributed by atoms with Crippen LogP contribution in [0.1, 0.15) is 12.5 Å². The average Bonchev–Trinajstić information content (AvgIpc) is 2.28. The molecule has 0 aliphatic carbocycles. The van der Waals surface area contributed by atoms with E-state index in [1.165, 1.54) is 6.07 Å². The molecule has 0 fully saturated rings. The van der Waals surface area contributed by atoms with Crippen molar-refractivity contribution in [1.29, 1.82) is 0 Å². The molecule has 0 aromatic heterocycles. The first-order valence-corrected chi connectivity index (χ1v) is 5.72. The number of amides is 1. The largest absolute Gasteiger partial charge is 0.351 e. The van der Waals surface area contributed by atoms with Gasteiger partial charge in [-0.15, -0.1) is 0 Å². The fraction of sp³-hybridized carbons (Fsp3) is 0.364. The fourth-order valence-electron chi connectivity index (χ4n) is 1.15. The van der Waals surface area contributed by atoms with Crippen molar-refractivity contribution in [1.82, 2.24) is 10.6 Å². The summed E-state index contributed by atoms with van der Waals surface area (Å²) in [6.07, 6.45) is 0. The summed E-state index contributed by atoms with van der Waals surface area (Å²) in [6.45, 7) is 1.93. The molecular formula is C11H14BrFN2O. The van der Waals surface area contributed by atoms with Crippen LogP contribution >= 0.6 is 15.9 Å². The molecule has 0 bridgehead atoms. The van der Waals surface area contributed by atoms with Crippen molar-refractivity contribution in [3.05, 3.63) is 34.1 Å². The molecule has 0 saturated heterocycles. The first kappa shape index (κ1) is 13.1. The lowest BCUT2D eigenvalue weighted by atomic mass is 10.2. The number of benzene rings is 1. The maximum atomic E-state index is 13.3. The molecule has 0 aliphatic heterocycles. The van der Waals surface area contributed by atoms with Gasteiger partial charge in [-0.1, -0.05) is 15.9 Å². The highest BCUT2D eigenvalue weighted by Gasteiger charge is 2.10. The van der Waals surface area contributed by atoms with Crippen LogP contribution in [0.2, 0.25) is 0 Å². The Morgan fingerprint density at radius 3 is 2.88 bits per heavy atom. The van der Waals surface area contributed by atoms with E-state index in [1.807, 2.05) is 0 Å². The summed E-state index contributed by atoms with van der Waals surface area (Å²) >= 11 is 3.25. The number of likely N-dealkylation sites (N-methyl/N-ethyl adjacent to an activating group) is 1. The van der Waals surface area contributed by atoms with Gasteiger partial charge >= 0.3 is 0 Å². The molecule has 0 radical (unpaired) electrons. The molecule has 0 aliphatic rings. The minimum Gasteiger partial charge on any atom is -0.351 e. The Hall–Kier alpha value is -0.940. The van der Waals surface area contributed by atoms with Crippen molar-refractivity contribution in [3.63, 3.8) is 0 Å². The van der Waals surface area contributed by atoms with Gasteiger partial charge in [-0.3, -0.25) is 4.79 Å². The highest BCUT2D eigenvalue weighted by molar-refractivity contribution is 9.10. The topological polar surface area (TPSA) is 41.1 Å². The van der Waals surface area contributed by atoms with Gasteiger partial charge in [-0.2, -0.15) is 0 Å². The molecule has 88 valence electrons. The van der Waals surface area contributed by atoms with Gasteiger partial charge in [0.25, 0.3) is 0 Å². The van der Waals surface area contributed by atoms with E-state index in [4.69, 9.17) is 0 Å². The minimum absolute atomic E-state index is 0.151. The summed E-state index contributed by atoms with van der Waals surface area (Å²) in [5, 5.41) is 5.47. The molecule has 1 amide bonds. The number of nitrogens with one attached hydrogen (secondary N) is 2. The van der Waals surface area contributed by atoms with E-state index < -0.39 is 0 Å². The van der Waals surface area contributed by atoms with E-state index in [0.29, 0.717) is 5.56 Å². The second-order valence-corrected chi connectivity index (χ2v) is 4.38. The zero-order chi connectivity index (χ0) is 12.1. The minimum atomic E-state index is -0.319. The molecule has 1 aromatic rings. The Bertz CT molecular complexity index is 384. The van der Waals surface area contributed by atoms with E-state index in [-0.39, 0.29) is 24.3 Å². The van der Waals surface area contributed by atoms with E-state index >= 15 is 0 Å². The first-order chi connectivity index (χ1) is 7.54. The quantitative estimate of drug-likeness (QED) is 0.887. The summed E-state index contributed by atoms with van der Waals surface area (Å²) in [4.78, 5) is 11.4. The number of halogens is 2. The molecule has 16 heavy (non-hydrogen) atoms. The average molecular weight is 289 g/mol. The summed E-state index contributed by atoms with van der Waals surface area (Å²) in [5.74, 6) is -0.470. The number of hydrogen-bond donors (Lipinski definition) is 2. The molecule has 1 rings (SSSR count). The SMILES string of the molecule is CNC(C)C(=O)NCc1cc(Br)ccc1F. The number of carbonyl (C=O) groups is 1. The lowest BCUT2D eigenvalue weighted by molar-refractivity contribution is -0.122. The number of hydrogen-bond acceptors (Lipinski definition) is 2. The van der Waals surface area contributed by atoms with Crippen LogP contribution in [0.5, 0.6) is 0 Å². The highest BCUT2D eigenvalue weighted by atomic mass is 79.9.